The largest absolute Gasteiger partial charge is 0.384 e. The van der Waals surface area contributed by atoms with Gasteiger partial charge in [-0.25, -0.2) is 4.39 Å². The summed E-state index contributed by atoms with van der Waals surface area (Å²) in [6, 6.07) is 6.48. The van der Waals surface area contributed by atoms with E-state index in [9.17, 15) is 4.39 Å². The molecule has 1 heterocycles. The van der Waals surface area contributed by atoms with Crippen LogP contribution >= 0.6 is 0 Å². The Labute approximate surface area is 111 Å². The highest BCUT2D eigenvalue weighted by Gasteiger charge is 2.06. The average Bonchev–Trinajstić information content (AvgIpc) is 2.68. The van der Waals surface area contributed by atoms with Crippen molar-refractivity contribution in [2.45, 2.75) is 20.4 Å². The molecule has 0 fully saturated rings. The first kappa shape index (κ1) is 13.3. The van der Waals surface area contributed by atoms with E-state index in [4.69, 9.17) is 5.11 Å². The predicted molar refractivity (Wildman–Crippen MR) is 71.2 cm³/mol. The second-order valence-corrected chi connectivity index (χ2v) is 4.35. The molecular formula is C15H15FN2O. The van der Waals surface area contributed by atoms with Crippen molar-refractivity contribution in [1.29, 1.82) is 0 Å². The number of aliphatic hydroxyl groups is 1. The minimum absolute atomic E-state index is 0.240. The molecule has 19 heavy (non-hydrogen) atoms. The first-order chi connectivity index (χ1) is 9.10. The number of hydrogen-bond donors (Lipinski definition) is 1. The normalized spacial score (nSPS) is 10.1. The maximum Gasteiger partial charge on any atom is 0.124 e. The Morgan fingerprint density at radius 1 is 1.32 bits per heavy atom. The number of aromatic nitrogens is 2. The van der Waals surface area contributed by atoms with Crippen molar-refractivity contribution in [3.8, 4) is 11.8 Å². The van der Waals surface area contributed by atoms with Gasteiger partial charge in [-0.1, -0.05) is 17.9 Å². The standard InChI is InChI=1S/C15H15FN2O/c1-11-8-12(2)18(17-11)10-14-5-6-15(16)9-13(14)4-3-7-19/h5-6,8-9,19H,7,10H2,1-2H3. The van der Waals surface area contributed by atoms with Gasteiger partial charge in [0.25, 0.3) is 0 Å². The fourth-order valence-electron chi connectivity index (χ4n) is 1.93. The van der Waals surface area contributed by atoms with E-state index in [1.807, 2.05) is 24.6 Å². The molecule has 0 saturated heterocycles. The number of halogens is 1. The van der Waals surface area contributed by atoms with Crippen molar-refractivity contribution in [2.24, 2.45) is 0 Å². The molecular weight excluding hydrogens is 243 g/mol. The maximum atomic E-state index is 13.2. The van der Waals surface area contributed by atoms with Gasteiger partial charge in [0.1, 0.15) is 12.4 Å². The van der Waals surface area contributed by atoms with Crippen LogP contribution in [0, 0.1) is 31.5 Å². The highest BCUT2D eigenvalue weighted by molar-refractivity contribution is 5.42. The molecule has 0 amide bonds. The molecule has 0 unspecified atom stereocenters. The SMILES string of the molecule is Cc1cc(C)n(Cc2ccc(F)cc2C#CCO)n1. The fraction of sp³-hybridized carbons (Fsp3) is 0.267. The molecule has 1 aromatic carbocycles. The molecule has 0 aliphatic carbocycles. The highest BCUT2D eigenvalue weighted by Crippen LogP contribution is 2.13. The second-order valence-electron chi connectivity index (χ2n) is 4.35. The van der Waals surface area contributed by atoms with E-state index < -0.39 is 0 Å². The van der Waals surface area contributed by atoms with Crippen LogP contribution in [-0.4, -0.2) is 21.5 Å². The van der Waals surface area contributed by atoms with Gasteiger partial charge in [0, 0.05) is 11.3 Å². The highest BCUT2D eigenvalue weighted by atomic mass is 19.1. The Morgan fingerprint density at radius 3 is 2.74 bits per heavy atom. The summed E-state index contributed by atoms with van der Waals surface area (Å²) in [6.07, 6.45) is 0. The molecule has 0 bridgehead atoms. The van der Waals surface area contributed by atoms with E-state index >= 15 is 0 Å². The third-order valence-corrected chi connectivity index (χ3v) is 2.80. The third-order valence-electron chi connectivity index (χ3n) is 2.80. The van der Waals surface area contributed by atoms with E-state index in [1.54, 1.807) is 6.07 Å². The summed E-state index contributed by atoms with van der Waals surface area (Å²) in [7, 11) is 0. The Morgan fingerprint density at radius 2 is 2.11 bits per heavy atom. The van der Waals surface area contributed by atoms with Crippen molar-refractivity contribution in [2.75, 3.05) is 6.61 Å². The summed E-state index contributed by atoms with van der Waals surface area (Å²) in [5, 5.41) is 13.1. The lowest BCUT2D eigenvalue weighted by Crippen LogP contribution is -2.06. The maximum absolute atomic E-state index is 13.2. The minimum atomic E-state index is -0.334. The zero-order chi connectivity index (χ0) is 13.8. The second kappa shape index (κ2) is 5.68. The number of aryl methyl sites for hydroxylation is 2. The monoisotopic (exact) mass is 258 g/mol. The van der Waals surface area contributed by atoms with Crippen molar-refractivity contribution < 1.29 is 9.50 Å². The summed E-state index contributed by atoms with van der Waals surface area (Å²) in [5.74, 6) is 4.98. The Kier molecular flexibility index (Phi) is 3.98. The molecule has 2 aromatic rings. The Hall–Kier alpha value is -2.12. The summed E-state index contributed by atoms with van der Waals surface area (Å²) >= 11 is 0. The van der Waals surface area contributed by atoms with Crippen LogP contribution in [0.15, 0.2) is 24.3 Å². The minimum Gasteiger partial charge on any atom is -0.384 e. The van der Waals surface area contributed by atoms with Gasteiger partial charge in [0.2, 0.25) is 0 Å². The molecule has 0 aliphatic heterocycles. The predicted octanol–water partition coefficient (Wildman–Crippen LogP) is 2.03. The number of nitrogens with zero attached hydrogens (tertiary/aromatic N) is 2. The van der Waals surface area contributed by atoms with Crippen LogP contribution in [0.5, 0.6) is 0 Å². The molecule has 0 atom stereocenters. The molecule has 0 aliphatic rings. The Bertz CT molecular complexity index is 650. The van der Waals surface area contributed by atoms with Crippen LogP contribution < -0.4 is 0 Å². The van der Waals surface area contributed by atoms with Crippen molar-refractivity contribution >= 4 is 0 Å². The van der Waals surface area contributed by atoms with Crippen LogP contribution in [0.25, 0.3) is 0 Å². The quantitative estimate of drug-likeness (QED) is 0.837. The van der Waals surface area contributed by atoms with Gasteiger partial charge in [0.05, 0.1) is 12.2 Å². The van der Waals surface area contributed by atoms with Crippen LogP contribution in [0.1, 0.15) is 22.5 Å². The van der Waals surface area contributed by atoms with Gasteiger partial charge in [0.15, 0.2) is 0 Å². The first-order valence-corrected chi connectivity index (χ1v) is 5.99. The Balaban J connectivity index is 2.36. The molecule has 0 spiro atoms. The molecule has 1 N–H and O–H groups in total. The first-order valence-electron chi connectivity index (χ1n) is 5.99. The summed E-state index contributed by atoms with van der Waals surface area (Å²) in [4.78, 5) is 0. The lowest BCUT2D eigenvalue weighted by molar-refractivity contribution is 0.350. The van der Waals surface area contributed by atoms with E-state index in [0.29, 0.717) is 12.1 Å². The fourth-order valence-corrected chi connectivity index (χ4v) is 1.93. The van der Waals surface area contributed by atoms with E-state index in [-0.39, 0.29) is 12.4 Å². The molecule has 3 nitrogen and oxygen atoms in total. The third kappa shape index (κ3) is 3.21. The lowest BCUT2D eigenvalue weighted by Gasteiger charge is -2.07. The summed E-state index contributed by atoms with van der Waals surface area (Å²) in [6.45, 7) is 4.20. The van der Waals surface area contributed by atoms with E-state index in [0.717, 1.165) is 17.0 Å². The van der Waals surface area contributed by atoms with Crippen molar-refractivity contribution in [3.63, 3.8) is 0 Å². The van der Waals surface area contributed by atoms with E-state index in [2.05, 4.69) is 16.9 Å². The topological polar surface area (TPSA) is 38.0 Å². The van der Waals surface area contributed by atoms with Crippen LogP contribution in [0.3, 0.4) is 0 Å². The van der Waals surface area contributed by atoms with Gasteiger partial charge in [-0.2, -0.15) is 5.10 Å². The molecule has 4 heteroatoms. The van der Waals surface area contributed by atoms with Crippen molar-refractivity contribution in [1.82, 2.24) is 9.78 Å². The van der Waals surface area contributed by atoms with Crippen molar-refractivity contribution in [3.05, 3.63) is 52.6 Å². The lowest BCUT2D eigenvalue weighted by atomic mass is 10.1. The number of rotatable bonds is 2. The number of benzene rings is 1. The number of hydrogen-bond acceptors (Lipinski definition) is 2. The molecule has 98 valence electrons. The molecule has 0 radical (unpaired) electrons. The molecule has 1 aromatic heterocycles. The average molecular weight is 258 g/mol. The van der Waals surface area contributed by atoms with E-state index in [1.165, 1.54) is 12.1 Å². The zero-order valence-corrected chi connectivity index (χ0v) is 10.9. The van der Waals surface area contributed by atoms with Gasteiger partial charge in [-0.3, -0.25) is 4.68 Å². The van der Waals surface area contributed by atoms with Crippen LogP contribution in [-0.2, 0) is 6.54 Å². The summed E-state index contributed by atoms with van der Waals surface area (Å²) in [5.41, 5.74) is 3.46. The van der Waals surface area contributed by atoms with Crippen LogP contribution in [0.2, 0.25) is 0 Å². The van der Waals surface area contributed by atoms with Gasteiger partial charge in [-0.15, -0.1) is 0 Å². The molecule has 2 rings (SSSR count). The number of aliphatic hydroxyl groups excluding tert-OH is 1. The van der Waals surface area contributed by atoms with Crippen LogP contribution in [0.4, 0.5) is 4.39 Å². The van der Waals surface area contributed by atoms with Gasteiger partial charge in [-0.05, 0) is 37.6 Å². The smallest absolute Gasteiger partial charge is 0.124 e. The van der Waals surface area contributed by atoms with Gasteiger partial charge >= 0.3 is 0 Å². The molecule has 0 saturated carbocycles. The van der Waals surface area contributed by atoms with Gasteiger partial charge < -0.3 is 5.11 Å². The zero-order valence-electron chi connectivity index (χ0n) is 10.9. The summed E-state index contributed by atoms with van der Waals surface area (Å²) < 4.78 is 15.1.